The summed E-state index contributed by atoms with van der Waals surface area (Å²) >= 11 is 0. The fourth-order valence-corrected chi connectivity index (χ4v) is 1.80. The van der Waals surface area contributed by atoms with Crippen LogP contribution in [-0.2, 0) is 4.74 Å². The second kappa shape index (κ2) is 8.78. The Kier molecular flexibility index (Phi) is 6.38. The summed E-state index contributed by atoms with van der Waals surface area (Å²) < 4.78 is 10.4. The average Bonchev–Trinajstić information content (AvgIpc) is 2.54. The summed E-state index contributed by atoms with van der Waals surface area (Å²) in [7, 11) is 1.68. The molecule has 1 aromatic heterocycles. The van der Waals surface area contributed by atoms with Gasteiger partial charge in [0.2, 0.25) is 5.95 Å². The second-order valence-electron chi connectivity index (χ2n) is 4.52. The first-order chi connectivity index (χ1) is 10.8. The number of aromatic nitrogens is 3. The van der Waals surface area contributed by atoms with Gasteiger partial charge in [0.15, 0.2) is 5.82 Å². The number of rotatable bonds is 9. The molecule has 0 aliphatic carbocycles. The lowest BCUT2D eigenvalue weighted by Gasteiger charge is -2.08. The predicted molar refractivity (Wildman–Crippen MR) is 85.7 cm³/mol. The zero-order chi connectivity index (χ0) is 15.6. The third kappa shape index (κ3) is 5.17. The van der Waals surface area contributed by atoms with E-state index in [-0.39, 0.29) is 0 Å². The fourth-order valence-electron chi connectivity index (χ4n) is 1.80. The molecule has 2 N–H and O–H groups in total. The van der Waals surface area contributed by atoms with Crippen LogP contribution in [0.2, 0.25) is 0 Å². The largest absolute Gasteiger partial charge is 0.494 e. The standard InChI is InChI=1S/C15H21N5O2/c1-3-22-13-7-5-12(6-8-13)18-14-11-17-20-15(19-14)16-9-4-10-21-2/h5-8,11H,3-4,9-10H2,1-2H3,(H2,16,18,19,20). The summed E-state index contributed by atoms with van der Waals surface area (Å²) in [5.41, 5.74) is 0.911. The van der Waals surface area contributed by atoms with Gasteiger partial charge in [0.1, 0.15) is 5.75 Å². The number of anilines is 3. The van der Waals surface area contributed by atoms with Crippen LogP contribution < -0.4 is 15.4 Å². The van der Waals surface area contributed by atoms with Crippen molar-refractivity contribution in [1.82, 2.24) is 15.2 Å². The minimum absolute atomic E-state index is 0.493. The van der Waals surface area contributed by atoms with Crippen LogP contribution in [0.15, 0.2) is 30.5 Å². The molecule has 2 rings (SSSR count). The predicted octanol–water partition coefficient (Wildman–Crippen LogP) is 2.46. The Morgan fingerprint density at radius 3 is 2.73 bits per heavy atom. The monoisotopic (exact) mass is 303 g/mol. The van der Waals surface area contributed by atoms with Crippen molar-refractivity contribution in [2.24, 2.45) is 0 Å². The Bertz CT molecular complexity index is 562. The molecule has 0 radical (unpaired) electrons. The fraction of sp³-hybridized carbons (Fsp3) is 0.400. The van der Waals surface area contributed by atoms with E-state index in [1.807, 2.05) is 31.2 Å². The van der Waals surface area contributed by atoms with Gasteiger partial charge in [-0.3, -0.25) is 0 Å². The van der Waals surface area contributed by atoms with E-state index in [9.17, 15) is 0 Å². The van der Waals surface area contributed by atoms with Gasteiger partial charge in [-0.15, -0.1) is 5.10 Å². The van der Waals surface area contributed by atoms with E-state index in [1.165, 1.54) is 0 Å². The van der Waals surface area contributed by atoms with Crippen LogP contribution in [0.4, 0.5) is 17.5 Å². The summed E-state index contributed by atoms with van der Waals surface area (Å²) in [4.78, 5) is 4.36. The highest BCUT2D eigenvalue weighted by Crippen LogP contribution is 2.18. The first-order valence-corrected chi connectivity index (χ1v) is 7.24. The summed E-state index contributed by atoms with van der Waals surface area (Å²) in [6.07, 6.45) is 2.47. The molecule has 7 heteroatoms. The van der Waals surface area contributed by atoms with Gasteiger partial charge in [0, 0.05) is 25.9 Å². The van der Waals surface area contributed by atoms with Crippen molar-refractivity contribution < 1.29 is 9.47 Å². The minimum atomic E-state index is 0.493. The van der Waals surface area contributed by atoms with E-state index in [2.05, 4.69) is 25.8 Å². The first kappa shape index (κ1) is 16.0. The molecule has 0 aliphatic rings. The molecule has 118 valence electrons. The van der Waals surface area contributed by atoms with Gasteiger partial charge in [0.05, 0.1) is 12.8 Å². The van der Waals surface area contributed by atoms with Crippen molar-refractivity contribution in [3.8, 4) is 5.75 Å². The van der Waals surface area contributed by atoms with E-state index in [4.69, 9.17) is 9.47 Å². The quantitative estimate of drug-likeness (QED) is 0.689. The molecule has 0 fully saturated rings. The smallest absolute Gasteiger partial charge is 0.244 e. The third-order valence-corrected chi connectivity index (χ3v) is 2.80. The summed E-state index contributed by atoms with van der Waals surface area (Å²) in [6, 6.07) is 7.67. The Morgan fingerprint density at radius 2 is 2.00 bits per heavy atom. The summed E-state index contributed by atoms with van der Waals surface area (Å²) in [5.74, 6) is 1.97. The lowest BCUT2D eigenvalue weighted by molar-refractivity contribution is 0.197. The zero-order valence-electron chi connectivity index (χ0n) is 12.9. The van der Waals surface area contributed by atoms with Gasteiger partial charge < -0.3 is 20.1 Å². The van der Waals surface area contributed by atoms with Crippen molar-refractivity contribution in [2.45, 2.75) is 13.3 Å². The molecule has 0 spiro atoms. The lowest BCUT2D eigenvalue weighted by atomic mass is 10.3. The molecule has 0 amide bonds. The number of nitrogens with zero attached hydrogens (tertiary/aromatic N) is 3. The Balaban J connectivity index is 1.91. The van der Waals surface area contributed by atoms with Crippen molar-refractivity contribution >= 4 is 17.5 Å². The highest BCUT2D eigenvalue weighted by molar-refractivity contribution is 5.57. The van der Waals surface area contributed by atoms with Gasteiger partial charge in [-0.25, -0.2) is 0 Å². The minimum Gasteiger partial charge on any atom is -0.494 e. The number of nitrogens with one attached hydrogen (secondary N) is 2. The number of methoxy groups -OCH3 is 1. The Hall–Kier alpha value is -2.41. The first-order valence-electron chi connectivity index (χ1n) is 7.24. The van der Waals surface area contributed by atoms with Gasteiger partial charge in [-0.1, -0.05) is 0 Å². The van der Waals surface area contributed by atoms with Crippen LogP contribution in [0.5, 0.6) is 5.75 Å². The number of ether oxygens (including phenoxy) is 2. The summed E-state index contributed by atoms with van der Waals surface area (Å²) in [6.45, 7) is 4.05. The molecule has 0 saturated carbocycles. The Labute approximate surface area is 130 Å². The number of hydrogen-bond donors (Lipinski definition) is 2. The van der Waals surface area contributed by atoms with E-state index in [0.717, 1.165) is 24.4 Å². The molecule has 22 heavy (non-hydrogen) atoms. The molecule has 1 aromatic carbocycles. The van der Waals surface area contributed by atoms with Gasteiger partial charge >= 0.3 is 0 Å². The summed E-state index contributed by atoms with van der Waals surface area (Å²) in [5, 5.41) is 14.2. The van der Waals surface area contributed by atoms with E-state index in [0.29, 0.717) is 25.0 Å². The molecule has 7 nitrogen and oxygen atoms in total. The number of benzene rings is 1. The highest BCUT2D eigenvalue weighted by Gasteiger charge is 2.01. The van der Waals surface area contributed by atoms with E-state index >= 15 is 0 Å². The lowest BCUT2D eigenvalue weighted by Crippen LogP contribution is -2.09. The Morgan fingerprint density at radius 1 is 1.18 bits per heavy atom. The maximum absolute atomic E-state index is 5.41. The van der Waals surface area contributed by atoms with Gasteiger partial charge in [-0.05, 0) is 37.6 Å². The van der Waals surface area contributed by atoms with Crippen molar-refractivity contribution in [2.75, 3.05) is 37.5 Å². The molecule has 0 unspecified atom stereocenters. The van der Waals surface area contributed by atoms with Gasteiger partial charge in [0.25, 0.3) is 0 Å². The molecule has 0 saturated heterocycles. The molecular weight excluding hydrogens is 282 g/mol. The van der Waals surface area contributed by atoms with Crippen LogP contribution >= 0.6 is 0 Å². The van der Waals surface area contributed by atoms with Crippen molar-refractivity contribution in [1.29, 1.82) is 0 Å². The third-order valence-electron chi connectivity index (χ3n) is 2.80. The van der Waals surface area contributed by atoms with Crippen LogP contribution in [0.3, 0.4) is 0 Å². The van der Waals surface area contributed by atoms with Crippen LogP contribution in [0.1, 0.15) is 13.3 Å². The van der Waals surface area contributed by atoms with Crippen molar-refractivity contribution in [3.63, 3.8) is 0 Å². The SMILES string of the molecule is CCOc1ccc(Nc2cnnc(NCCCOC)n2)cc1. The molecule has 2 aromatic rings. The zero-order valence-corrected chi connectivity index (χ0v) is 12.9. The van der Waals surface area contributed by atoms with Crippen molar-refractivity contribution in [3.05, 3.63) is 30.5 Å². The topological polar surface area (TPSA) is 81.2 Å². The molecule has 0 atom stereocenters. The number of hydrogen-bond acceptors (Lipinski definition) is 7. The molecule has 0 bridgehead atoms. The van der Waals surface area contributed by atoms with E-state index < -0.39 is 0 Å². The molecule has 1 heterocycles. The maximum Gasteiger partial charge on any atom is 0.244 e. The van der Waals surface area contributed by atoms with E-state index in [1.54, 1.807) is 13.3 Å². The van der Waals surface area contributed by atoms with Gasteiger partial charge in [-0.2, -0.15) is 10.1 Å². The highest BCUT2D eigenvalue weighted by atomic mass is 16.5. The normalized spacial score (nSPS) is 10.3. The van der Waals surface area contributed by atoms with Crippen LogP contribution in [0, 0.1) is 0 Å². The van der Waals surface area contributed by atoms with Crippen LogP contribution in [-0.4, -0.2) is 42.0 Å². The average molecular weight is 303 g/mol. The van der Waals surface area contributed by atoms with Crippen LogP contribution in [0.25, 0.3) is 0 Å². The maximum atomic E-state index is 5.41. The molecule has 0 aliphatic heterocycles. The second-order valence-corrected chi connectivity index (χ2v) is 4.52. The molecular formula is C15H21N5O2.